The molecule has 1 aromatic carbocycles. The smallest absolute Gasteiger partial charge is 0.244 e. The number of aromatic nitrogens is 2. The summed E-state index contributed by atoms with van der Waals surface area (Å²) >= 11 is 0. The van der Waals surface area contributed by atoms with Crippen LogP contribution in [-0.4, -0.2) is 28.1 Å². The molecule has 3 rings (SSSR count). The van der Waals surface area contributed by atoms with Crippen LogP contribution in [0.2, 0.25) is 0 Å². The average molecular weight is 326 g/mol. The molecule has 1 aliphatic rings. The minimum atomic E-state index is -0.231. The molecule has 24 heavy (non-hydrogen) atoms. The summed E-state index contributed by atoms with van der Waals surface area (Å²) in [6, 6.07) is 7.39. The van der Waals surface area contributed by atoms with E-state index >= 15 is 0 Å². The molecule has 1 atom stereocenters. The summed E-state index contributed by atoms with van der Waals surface area (Å²) in [5.74, 6) is -0.437. The SMILES string of the molecule is Cc1nn(C)c(C)c1CC(C)C(=O)N1CC(=O)Nc2ccccc21. The van der Waals surface area contributed by atoms with E-state index in [4.69, 9.17) is 0 Å². The quantitative estimate of drug-likeness (QED) is 0.940. The Kier molecular flexibility index (Phi) is 4.13. The van der Waals surface area contributed by atoms with Crippen molar-refractivity contribution in [2.24, 2.45) is 13.0 Å². The Labute approximate surface area is 141 Å². The van der Waals surface area contributed by atoms with Gasteiger partial charge in [0, 0.05) is 18.7 Å². The van der Waals surface area contributed by atoms with Crippen molar-refractivity contribution in [2.45, 2.75) is 27.2 Å². The van der Waals surface area contributed by atoms with Gasteiger partial charge in [0.1, 0.15) is 6.54 Å². The fourth-order valence-electron chi connectivity index (χ4n) is 3.20. The molecule has 6 nitrogen and oxygen atoms in total. The molecule has 0 bridgehead atoms. The van der Waals surface area contributed by atoms with E-state index in [1.807, 2.05) is 56.8 Å². The van der Waals surface area contributed by atoms with Crippen molar-refractivity contribution in [3.05, 3.63) is 41.2 Å². The number of carbonyl (C=O) groups is 2. The van der Waals surface area contributed by atoms with Crippen molar-refractivity contribution in [3.8, 4) is 0 Å². The van der Waals surface area contributed by atoms with Gasteiger partial charge in [0.05, 0.1) is 17.1 Å². The number of aryl methyl sites for hydroxylation is 2. The van der Waals surface area contributed by atoms with Gasteiger partial charge in [-0.25, -0.2) is 0 Å². The highest BCUT2D eigenvalue weighted by atomic mass is 16.2. The molecule has 0 radical (unpaired) electrons. The summed E-state index contributed by atoms with van der Waals surface area (Å²) in [6.45, 7) is 5.94. The van der Waals surface area contributed by atoms with Gasteiger partial charge in [-0.15, -0.1) is 0 Å². The summed E-state index contributed by atoms with van der Waals surface area (Å²) < 4.78 is 1.84. The van der Waals surface area contributed by atoms with E-state index in [1.54, 1.807) is 4.90 Å². The molecule has 0 saturated carbocycles. The van der Waals surface area contributed by atoms with Gasteiger partial charge in [0.2, 0.25) is 11.8 Å². The normalized spacial score (nSPS) is 15.0. The fraction of sp³-hybridized carbons (Fsp3) is 0.389. The number of anilines is 2. The number of benzene rings is 1. The molecule has 1 aliphatic heterocycles. The molecule has 0 aliphatic carbocycles. The predicted molar refractivity (Wildman–Crippen MR) is 93.0 cm³/mol. The van der Waals surface area contributed by atoms with E-state index in [1.165, 1.54) is 0 Å². The lowest BCUT2D eigenvalue weighted by Crippen LogP contribution is -2.44. The van der Waals surface area contributed by atoms with Crippen LogP contribution in [0, 0.1) is 19.8 Å². The zero-order valence-electron chi connectivity index (χ0n) is 14.5. The second kappa shape index (κ2) is 6.11. The first kappa shape index (κ1) is 16.2. The second-order valence-corrected chi connectivity index (χ2v) is 6.37. The van der Waals surface area contributed by atoms with E-state index in [-0.39, 0.29) is 24.3 Å². The third-order valence-electron chi connectivity index (χ3n) is 4.63. The number of carbonyl (C=O) groups excluding carboxylic acids is 2. The molecular weight excluding hydrogens is 304 g/mol. The van der Waals surface area contributed by atoms with Gasteiger partial charge < -0.3 is 10.2 Å². The van der Waals surface area contributed by atoms with Crippen LogP contribution in [0.25, 0.3) is 0 Å². The van der Waals surface area contributed by atoms with Gasteiger partial charge in [-0.1, -0.05) is 19.1 Å². The van der Waals surface area contributed by atoms with Crippen LogP contribution in [0.5, 0.6) is 0 Å². The van der Waals surface area contributed by atoms with Gasteiger partial charge in [-0.2, -0.15) is 5.10 Å². The van der Waals surface area contributed by atoms with Gasteiger partial charge in [-0.05, 0) is 38.0 Å². The first-order valence-corrected chi connectivity index (χ1v) is 8.07. The minimum absolute atomic E-state index is 0.0417. The lowest BCUT2D eigenvalue weighted by molar-refractivity contribution is -0.124. The van der Waals surface area contributed by atoms with Crippen LogP contribution in [0.4, 0.5) is 11.4 Å². The monoisotopic (exact) mass is 326 g/mol. The molecule has 2 amide bonds. The minimum Gasteiger partial charge on any atom is -0.323 e. The summed E-state index contributed by atoms with van der Waals surface area (Å²) in [5, 5.41) is 7.22. The molecule has 0 spiro atoms. The average Bonchev–Trinajstić information content (AvgIpc) is 2.79. The maximum atomic E-state index is 13.0. The second-order valence-electron chi connectivity index (χ2n) is 6.37. The lowest BCUT2D eigenvalue weighted by atomic mass is 9.97. The first-order valence-electron chi connectivity index (χ1n) is 8.07. The summed E-state index contributed by atoms with van der Waals surface area (Å²) in [4.78, 5) is 26.5. The number of hydrogen-bond acceptors (Lipinski definition) is 3. The number of nitrogens with one attached hydrogen (secondary N) is 1. The third-order valence-corrected chi connectivity index (χ3v) is 4.63. The molecule has 0 saturated heterocycles. The number of nitrogens with zero attached hydrogens (tertiary/aromatic N) is 3. The Morgan fingerprint density at radius 3 is 2.71 bits per heavy atom. The summed E-state index contributed by atoms with van der Waals surface area (Å²) in [6.07, 6.45) is 0.616. The van der Waals surface area contributed by atoms with E-state index in [2.05, 4.69) is 10.4 Å². The Morgan fingerprint density at radius 1 is 1.33 bits per heavy atom. The molecule has 2 aromatic rings. The van der Waals surface area contributed by atoms with Gasteiger partial charge in [-0.3, -0.25) is 14.3 Å². The highest BCUT2D eigenvalue weighted by Gasteiger charge is 2.30. The Balaban J connectivity index is 1.85. The lowest BCUT2D eigenvalue weighted by Gasteiger charge is -2.31. The largest absolute Gasteiger partial charge is 0.323 e. The molecule has 0 fully saturated rings. The predicted octanol–water partition coefficient (Wildman–Crippen LogP) is 2.20. The molecule has 2 heterocycles. The summed E-state index contributed by atoms with van der Waals surface area (Å²) in [5.41, 5.74) is 4.57. The van der Waals surface area contributed by atoms with Crippen LogP contribution < -0.4 is 10.2 Å². The Hall–Kier alpha value is -2.63. The van der Waals surface area contributed by atoms with Crippen molar-refractivity contribution >= 4 is 23.2 Å². The van der Waals surface area contributed by atoms with Crippen molar-refractivity contribution in [2.75, 3.05) is 16.8 Å². The molecule has 1 N–H and O–H groups in total. The number of hydrogen-bond donors (Lipinski definition) is 1. The number of fused-ring (bicyclic) bond motifs is 1. The van der Waals surface area contributed by atoms with Crippen molar-refractivity contribution in [1.82, 2.24) is 9.78 Å². The third kappa shape index (κ3) is 2.79. The Bertz CT molecular complexity index is 809. The summed E-state index contributed by atoms with van der Waals surface area (Å²) in [7, 11) is 1.91. The fourth-order valence-corrected chi connectivity index (χ4v) is 3.20. The van der Waals surface area contributed by atoms with Gasteiger partial charge in [0.15, 0.2) is 0 Å². The Morgan fingerprint density at radius 2 is 2.04 bits per heavy atom. The molecule has 126 valence electrons. The molecule has 6 heteroatoms. The van der Waals surface area contributed by atoms with Gasteiger partial charge >= 0.3 is 0 Å². The van der Waals surface area contributed by atoms with Crippen LogP contribution in [0.3, 0.4) is 0 Å². The van der Waals surface area contributed by atoms with E-state index in [0.29, 0.717) is 12.1 Å². The van der Waals surface area contributed by atoms with Crippen LogP contribution in [-0.2, 0) is 23.1 Å². The van der Waals surface area contributed by atoms with Crippen molar-refractivity contribution in [1.29, 1.82) is 0 Å². The maximum absolute atomic E-state index is 13.0. The zero-order valence-corrected chi connectivity index (χ0v) is 14.5. The first-order chi connectivity index (χ1) is 11.4. The topological polar surface area (TPSA) is 67.2 Å². The van der Waals surface area contributed by atoms with Gasteiger partial charge in [0.25, 0.3) is 0 Å². The number of amides is 2. The molecule has 1 aromatic heterocycles. The number of para-hydroxylation sites is 2. The van der Waals surface area contributed by atoms with Crippen LogP contribution >= 0.6 is 0 Å². The van der Waals surface area contributed by atoms with E-state index in [9.17, 15) is 9.59 Å². The van der Waals surface area contributed by atoms with Crippen LogP contribution in [0.1, 0.15) is 23.9 Å². The molecular formula is C18H22N4O2. The van der Waals surface area contributed by atoms with Crippen molar-refractivity contribution in [3.63, 3.8) is 0 Å². The highest BCUT2D eigenvalue weighted by Crippen LogP contribution is 2.30. The maximum Gasteiger partial charge on any atom is 0.244 e. The van der Waals surface area contributed by atoms with Crippen molar-refractivity contribution < 1.29 is 9.59 Å². The zero-order chi connectivity index (χ0) is 17.4. The highest BCUT2D eigenvalue weighted by molar-refractivity contribution is 6.10. The molecule has 1 unspecified atom stereocenters. The van der Waals surface area contributed by atoms with E-state index in [0.717, 1.165) is 22.6 Å². The standard InChI is InChI=1S/C18H22N4O2/c1-11(9-14-12(2)20-21(4)13(14)3)18(24)22-10-17(23)19-15-7-5-6-8-16(15)22/h5-8,11H,9-10H2,1-4H3,(H,19,23). The van der Waals surface area contributed by atoms with E-state index < -0.39 is 0 Å². The van der Waals surface area contributed by atoms with Crippen LogP contribution in [0.15, 0.2) is 24.3 Å². The number of rotatable bonds is 3.